The third kappa shape index (κ3) is 5.34. The lowest BCUT2D eigenvalue weighted by Gasteiger charge is -2.37. The van der Waals surface area contributed by atoms with E-state index in [4.69, 9.17) is 9.47 Å². The lowest BCUT2D eigenvalue weighted by Crippen LogP contribution is -2.53. The quantitative estimate of drug-likeness (QED) is 0.466. The number of ether oxygens (including phenoxy) is 2. The number of thioether (sulfide) groups is 1. The second kappa shape index (κ2) is 10.1. The summed E-state index contributed by atoms with van der Waals surface area (Å²) in [7, 11) is 1.81. The zero-order chi connectivity index (χ0) is 18.2. The van der Waals surface area contributed by atoms with E-state index in [-0.39, 0.29) is 18.0 Å². The largest absolute Gasteiger partial charge is 0.375 e. The third-order valence-corrected chi connectivity index (χ3v) is 5.74. The van der Waals surface area contributed by atoms with Crippen LogP contribution in [0.5, 0.6) is 0 Å². The van der Waals surface area contributed by atoms with Crippen LogP contribution in [0.3, 0.4) is 0 Å². The summed E-state index contributed by atoms with van der Waals surface area (Å²) in [5, 5.41) is 3.42. The van der Waals surface area contributed by atoms with Gasteiger partial charge >= 0.3 is 0 Å². The molecular formula is C19H28FN3O2S. The highest BCUT2D eigenvalue weighted by Gasteiger charge is 2.32. The van der Waals surface area contributed by atoms with Gasteiger partial charge in [-0.15, -0.1) is 0 Å². The molecule has 5 nitrogen and oxygen atoms in total. The Kier molecular flexibility index (Phi) is 7.58. The average molecular weight is 382 g/mol. The van der Waals surface area contributed by atoms with E-state index in [1.807, 2.05) is 19.2 Å². The first-order valence-corrected chi connectivity index (χ1v) is 10.4. The summed E-state index contributed by atoms with van der Waals surface area (Å²) in [6.45, 7) is 4.00. The fraction of sp³-hybridized carbons (Fsp3) is 0.632. The Morgan fingerprint density at radius 3 is 2.92 bits per heavy atom. The van der Waals surface area contributed by atoms with Gasteiger partial charge in [-0.2, -0.15) is 11.8 Å². The van der Waals surface area contributed by atoms with Gasteiger partial charge in [-0.25, -0.2) is 4.39 Å². The summed E-state index contributed by atoms with van der Waals surface area (Å²) in [5.74, 6) is 2.36. The van der Waals surface area contributed by atoms with Crippen molar-refractivity contribution in [1.82, 2.24) is 10.2 Å². The minimum Gasteiger partial charge on any atom is -0.375 e. The second-order valence-electron chi connectivity index (χ2n) is 6.52. The molecule has 2 aliphatic rings. The van der Waals surface area contributed by atoms with Crippen molar-refractivity contribution < 1.29 is 13.9 Å². The first-order chi connectivity index (χ1) is 12.8. The molecule has 2 saturated heterocycles. The molecule has 0 aliphatic carbocycles. The molecule has 0 saturated carbocycles. The van der Waals surface area contributed by atoms with Crippen molar-refractivity contribution in [3.05, 3.63) is 35.6 Å². The van der Waals surface area contributed by atoms with Gasteiger partial charge in [-0.1, -0.05) is 18.2 Å². The maximum atomic E-state index is 13.6. The van der Waals surface area contributed by atoms with Crippen molar-refractivity contribution in [2.24, 2.45) is 4.99 Å². The fourth-order valence-electron chi connectivity index (χ4n) is 3.35. The first kappa shape index (κ1) is 19.5. The van der Waals surface area contributed by atoms with Crippen LogP contribution >= 0.6 is 11.8 Å². The minimum atomic E-state index is -0.128. The maximum Gasteiger partial charge on any atom is 0.193 e. The molecular weight excluding hydrogens is 353 g/mol. The number of aliphatic imine (C=N–C) groups is 1. The average Bonchev–Trinajstić information content (AvgIpc) is 3.21. The number of nitrogens with zero attached hydrogens (tertiary/aromatic N) is 2. The van der Waals surface area contributed by atoms with Gasteiger partial charge in [-0.3, -0.25) is 4.99 Å². The minimum absolute atomic E-state index is 0.125. The van der Waals surface area contributed by atoms with Gasteiger partial charge in [0.05, 0.1) is 12.7 Å². The Bertz CT molecular complexity index is 596. The van der Waals surface area contributed by atoms with Gasteiger partial charge in [-0.05, 0) is 24.5 Å². The highest BCUT2D eigenvalue weighted by Crippen LogP contribution is 2.21. The molecule has 0 bridgehead atoms. The van der Waals surface area contributed by atoms with Crippen molar-refractivity contribution in [3.63, 3.8) is 0 Å². The molecule has 0 amide bonds. The number of morpholine rings is 1. The first-order valence-electron chi connectivity index (χ1n) is 9.28. The molecule has 0 aromatic heterocycles. The smallest absolute Gasteiger partial charge is 0.193 e. The van der Waals surface area contributed by atoms with E-state index < -0.39 is 0 Å². The van der Waals surface area contributed by atoms with E-state index in [0.29, 0.717) is 12.4 Å². The monoisotopic (exact) mass is 381 g/mol. The molecule has 2 heterocycles. The summed E-state index contributed by atoms with van der Waals surface area (Å²) in [6.07, 6.45) is 2.54. The molecule has 2 atom stereocenters. The van der Waals surface area contributed by atoms with Crippen molar-refractivity contribution in [3.8, 4) is 0 Å². The summed E-state index contributed by atoms with van der Waals surface area (Å²) in [4.78, 5) is 6.66. The van der Waals surface area contributed by atoms with Gasteiger partial charge < -0.3 is 19.7 Å². The van der Waals surface area contributed by atoms with Crippen molar-refractivity contribution in [1.29, 1.82) is 0 Å². The Morgan fingerprint density at radius 1 is 1.31 bits per heavy atom. The van der Waals surface area contributed by atoms with Crippen LogP contribution in [-0.4, -0.2) is 68.7 Å². The van der Waals surface area contributed by atoms with Crippen LogP contribution in [0.25, 0.3) is 0 Å². The van der Waals surface area contributed by atoms with Gasteiger partial charge in [0, 0.05) is 44.8 Å². The van der Waals surface area contributed by atoms with Crippen LogP contribution in [-0.2, 0) is 15.2 Å². The van der Waals surface area contributed by atoms with Crippen LogP contribution in [0.1, 0.15) is 18.4 Å². The number of guanidine groups is 1. The lowest BCUT2D eigenvalue weighted by atomic mass is 10.1. The van der Waals surface area contributed by atoms with Gasteiger partial charge in [0.25, 0.3) is 0 Å². The van der Waals surface area contributed by atoms with Crippen LogP contribution in [0.4, 0.5) is 4.39 Å². The normalized spacial score (nSPS) is 24.1. The van der Waals surface area contributed by atoms with Gasteiger partial charge in [0.1, 0.15) is 11.9 Å². The fourth-order valence-corrected chi connectivity index (χ4v) is 4.20. The molecule has 0 spiro atoms. The van der Waals surface area contributed by atoms with Crippen LogP contribution in [0.2, 0.25) is 0 Å². The summed E-state index contributed by atoms with van der Waals surface area (Å²) < 4.78 is 25.3. The number of nitrogens with one attached hydrogen (secondary N) is 1. The standard InChI is InChI=1S/C19H28FN3O2S/c1-21-19(22-8-12-26-14-15-5-2-3-6-16(15)20)23-9-11-25-18(13-23)17-7-4-10-24-17/h2-3,5-6,17-18H,4,7-14H2,1H3,(H,21,22). The van der Waals surface area contributed by atoms with E-state index in [9.17, 15) is 4.39 Å². The SMILES string of the molecule is CN=C(NCCSCc1ccccc1F)N1CCOC(C2CCCO2)C1. The molecule has 1 aromatic rings. The third-order valence-electron chi connectivity index (χ3n) is 4.73. The summed E-state index contributed by atoms with van der Waals surface area (Å²) >= 11 is 1.72. The highest BCUT2D eigenvalue weighted by molar-refractivity contribution is 7.98. The maximum absolute atomic E-state index is 13.6. The lowest BCUT2D eigenvalue weighted by molar-refractivity contribution is -0.0816. The number of hydrogen-bond acceptors (Lipinski definition) is 4. The van der Waals surface area contributed by atoms with E-state index >= 15 is 0 Å². The van der Waals surface area contributed by atoms with Crippen molar-refractivity contribution in [2.75, 3.05) is 45.6 Å². The molecule has 26 heavy (non-hydrogen) atoms. The van der Waals surface area contributed by atoms with Crippen molar-refractivity contribution >= 4 is 17.7 Å². The van der Waals surface area contributed by atoms with Gasteiger partial charge in [0.15, 0.2) is 5.96 Å². The summed E-state index contributed by atoms with van der Waals surface area (Å²) in [6, 6.07) is 6.95. The Hall–Kier alpha value is -1.31. The van der Waals surface area contributed by atoms with Crippen LogP contribution in [0.15, 0.2) is 29.3 Å². The van der Waals surface area contributed by atoms with Crippen LogP contribution < -0.4 is 5.32 Å². The molecule has 2 unspecified atom stereocenters. The Labute approximate surface area is 159 Å². The second-order valence-corrected chi connectivity index (χ2v) is 7.63. The predicted molar refractivity (Wildman–Crippen MR) is 104 cm³/mol. The molecule has 3 rings (SSSR count). The zero-order valence-corrected chi connectivity index (χ0v) is 16.1. The molecule has 2 aliphatic heterocycles. The van der Waals surface area contributed by atoms with E-state index in [2.05, 4.69) is 15.2 Å². The number of hydrogen-bond donors (Lipinski definition) is 1. The van der Waals surface area contributed by atoms with E-state index in [0.717, 1.165) is 56.4 Å². The van der Waals surface area contributed by atoms with Gasteiger partial charge in [0.2, 0.25) is 0 Å². The number of benzene rings is 1. The molecule has 7 heteroatoms. The molecule has 0 radical (unpaired) electrons. The molecule has 1 aromatic carbocycles. The molecule has 144 valence electrons. The Morgan fingerprint density at radius 2 is 2.15 bits per heavy atom. The predicted octanol–water partition coefficient (Wildman–Crippen LogP) is 2.51. The van der Waals surface area contributed by atoms with Crippen LogP contribution in [0, 0.1) is 5.82 Å². The number of halogens is 1. The summed E-state index contributed by atoms with van der Waals surface area (Å²) in [5.41, 5.74) is 0.759. The molecule has 1 N–H and O–H groups in total. The zero-order valence-electron chi connectivity index (χ0n) is 15.3. The van der Waals surface area contributed by atoms with E-state index in [1.165, 1.54) is 6.07 Å². The highest BCUT2D eigenvalue weighted by atomic mass is 32.2. The molecule has 2 fully saturated rings. The Balaban J connectivity index is 1.39. The number of rotatable bonds is 6. The van der Waals surface area contributed by atoms with Crippen molar-refractivity contribution in [2.45, 2.75) is 30.8 Å². The van der Waals surface area contributed by atoms with E-state index in [1.54, 1.807) is 17.8 Å². The topological polar surface area (TPSA) is 46.1 Å².